The largest absolute Gasteiger partial charge is 0.473 e. The molecule has 0 atom stereocenters. The van der Waals surface area contributed by atoms with E-state index in [1.165, 1.54) is 0 Å². The number of rotatable bonds is 8. The first-order valence-electron chi connectivity index (χ1n) is 9.26. The van der Waals surface area contributed by atoms with E-state index >= 15 is 0 Å². The Hall–Kier alpha value is -1.85. The standard InChI is InChI=1S/C19H24IN5O3/c20-14-25(11-12-26)17(27)13-24-9-3-16(4-10-24)28-19-18(22-7-8-23-19)15-1-5-21-6-2-15/h1-2,5-8,16,26H,3-4,9-14H2. The molecule has 2 aromatic heterocycles. The molecule has 0 radical (unpaired) electrons. The van der Waals surface area contributed by atoms with Crippen LogP contribution in [0.25, 0.3) is 11.3 Å². The summed E-state index contributed by atoms with van der Waals surface area (Å²) in [4.78, 5) is 29.0. The molecule has 1 saturated heterocycles. The van der Waals surface area contributed by atoms with Gasteiger partial charge in [-0.05, 0) is 25.0 Å². The molecule has 9 heteroatoms. The van der Waals surface area contributed by atoms with Gasteiger partial charge in [0.1, 0.15) is 11.8 Å². The van der Waals surface area contributed by atoms with E-state index in [0.717, 1.165) is 31.5 Å². The Balaban J connectivity index is 1.55. The summed E-state index contributed by atoms with van der Waals surface area (Å²) < 4.78 is 6.74. The van der Waals surface area contributed by atoms with E-state index < -0.39 is 0 Å². The molecular formula is C19H24IN5O3. The second-order valence-electron chi connectivity index (χ2n) is 6.54. The van der Waals surface area contributed by atoms with Crippen molar-refractivity contribution >= 4 is 28.5 Å². The zero-order valence-electron chi connectivity index (χ0n) is 15.6. The molecule has 1 aliphatic heterocycles. The fraction of sp³-hybridized carbons (Fsp3) is 0.474. The average Bonchev–Trinajstić information content (AvgIpc) is 2.74. The number of hydrogen-bond donors (Lipinski definition) is 1. The molecule has 1 fully saturated rings. The molecular weight excluding hydrogens is 473 g/mol. The smallest absolute Gasteiger partial charge is 0.240 e. The summed E-state index contributed by atoms with van der Waals surface area (Å²) in [6.45, 7) is 2.32. The Labute approximate surface area is 178 Å². The van der Waals surface area contributed by atoms with Gasteiger partial charge in [0.25, 0.3) is 0 Å². The van der Waals surface area contributed by atoms with Crippen LogP contribution < -0.4 is 4.74 Å². The molecule has 3 rings (SSSR count). The number of halogens is 1. The van der Waals surface area contributed by atoms with Crippen LogP contribution in [0.3, 0.4) is 0 Å². The van der Waals surface area contributed by atoms with Crippen LogP contribution in [0, 0.1) is 0 Å². The van der Waals surface area contributed by atoms with Crippen molar-refractivity contribution in [2.75, 3.05) is 37.3 Å². The lowest BCUT2D eigenvalue weighted by molar-refractivity contribution is -0.132. The van der Waals surface area contributed by atoms with Crippen molar-refractivity contribution in [2.24, 2.45) is 0 Å². The molecule has 150 valence electrons. The summed E-state index contributed by atoms with van der Waals surface area (Å²) >= 11 is 2.14. The van der Waals surface area contributed by atoms with Crippen molar-refractivity contribution in [2.45, 2.75) is 18.9 Å². The lowest BCUT2D eigenvalue weighted by Gasteiger charge is -2.32. The Morgan fingerprint density at radius 2 is 1.93 bits per heavy atom. The summed E-state index contributed by atoms with van der Waals surface area (Å²) in [5.41, 5.74) is 1.63. The molecule has 28 heavy (non-hydrogen) atoms. The molecule has 0 aromatic carbocycles. The summed E-state index contributed by atoms with van der Waals surface area (Å²) in [6.07, 6.45) is 8.42. The highest BCUT2D eigenvalue weighted by molar-refractivity contribution is 14.1. The van der Waals surface area contributed by atoms with Crippen LogP contribution in [0.4, 0.5) is 0 Å². The quantitative estimate of drug-likeness (QED) is 0.337. The molecule has 1 aliphatic rings. The number of likely N-dealkylation sites (tertiary alicyclic amines) is 1. The number of hydrogen-bond acceptors (Lipinski definition) is 7. The van der Waals surface area contributed by atoms with Gasteiger partial charge in [-0.1, -0.05) is 22.6 Å². The van der Waals surface area contributed by atoms with Crippen molar-refractivity contribution in [3.05, 3.63) is 36.9 Å². The van der Waals surface area contributed by atoms with E-state index in [9.17, 15) is 4.79 Å². The number of amides is 1. The lowest BCUT2D eigenvalue weighted by Crippen LogP contribution is -2.45. The van der Waals surface area contributed by atoms with E-state index in [4.69, 9.17) is 9.84 Å². The molecule has 0 aliphatic carbocycles. The molecule has 0 spiro atoms. The minimum atomic E-state index is -0.0113. The van der Waals surface area contributed by atoms with Gasteiger partial charge < -0.3 is 14.7 Å². The topological polar surface area (TPSA) is 91.7 Å². The Bertz CT molecular complexity index is 756. The number of aromatic nitrogens is 3. The first kappa shape index (κ1) is 20.9. The maximum Gasteiger partial charge on any atom is 0.240 e. The number of aliphatic hydroxyl groups is 1. The molecule has 1 amide bonds. The first-order chi connectivity index (χ1) is 13.7. The van der Waals surface area contributed by atoms with Crippen molar-refractivity contribution < 1.29 is 14.6 Å². The Morgan fingerprint density at radius 3 is 2.61 bits per heavy atom. The zero-order valence-corrected chi connectivity index (χ0v) is 17.7. The minimum absolute atomic E-state index is 0.0113. The van der Waals surface area contributed by atoms with Gasteiger partial charge in [-0.3, -0.25) is 14.7 Å². The molecule has 0 unspecified atom stereocenters. The van der Waals surface area contributed by atoms with Crippen molar-refractivity contribution in [3.63, 3.8) is 0 Å². The third kappa shape index (κ3) is 5.58. The van der Waals surface area contributed by atoms with Gasteiger partial charge in [-0.15, -0.1) is 0 Å². The highest BCUT2D eigenvalue weighted by atomic mass is 127. The number of aliphatic hydroxyl groups excluding tert-OH is 1. The number of ether oxygens (including phenoxy) is 1. The predicted octanol–water partition coefficient (Wildman–Crippen LogP) is 1.60. The van der Waals surface area contributed by atoms with Gasteiger partial charge in [0.05, 0.1) is 17.7 Å². The van der Waals surface area contributed by atoms with E-state index in [1.54, 1.807) is 29.7 Å². The van der Waals surface area contributed by atoms with Gasteiger partial charge in [0.2, 0.25) is 11.8 Å². The second kappa shape index (κ2) is 10.6. The van der Waals surface area contributed by atoms with E-state index in [0.29, 0.717) is 29.2 Å². The summed E-state index contributed by atoms with van der Waals surface area (Å²) in [5, 5.41) is 9.06. The van der Waals surface area contributed by atoms with Gasteiger partial charge in [0, 0.05) is 50.0 Å². The fourth-order valence-electron chi connectivity index (χ4n) is 3.13. The first-order valence-corrected chi connectivity index (χ1v) is 10.8. The van der Waals surface area contributed by atoms with E-state index in [2.05, 4.69) is 42.4 Å². The van der Waals surface area contributed by atoms with Gasteiger partial charge >= 0.3 is 0 Å². The average molecular weight is 497 g/mol. The molecule has 8 nitrogen and oxygen atoms in total. The van der Waals surface area contributed by atoms with Gasteiger partial charge in [-0.25, -0.2) is 9.97 Å². The molecule has 2 aromatic rings. The van der Waals surface area contributed by atoms with Crippen LogP contribution in [0.2, 0.25) is 0 Å². The van der Waals surface area contributed by atoms with Crippen LogP contribution in [0.5, 0.6) is 5.88 Å². The lowest BCUT2D eigenvalue weighted by atomic mass is 10.1. The number of alkyl halides is 1. The summed E-state index contributed by atoms with van der Waals surface area (Å²) in [7, 11) is 0. The number of piperidine rings is 1. The highest BCUT2D eigenvalue weighted by Gasteiger charge is 2.25. The number of nitrogens with zero attached hydrogens (tertiary/aromatic N) is 5. The van der Waals surface area contributed by atoms with Gasteiger partial charge in [0.15, 0.2) is 0 Å². The minimum Gasteiger partial charge on any atom is -0.473 e. The number of pyridine rings is 1. The van der Waals surface area contributed by atoms with Crippen molar-refractivity contribution in [3.8, 4) is 17.1 Å². The van der Waals surface area contributed by atoms with Crippen LogP contribution in [-0.4, -0.2) is 79.2 Å². The van der Waals surface area contributed by atoms with E-state index in [1.807, 2.05) is 12.1 Å². The van der Waals surface area contributed by atoms with Crippen LogP contribution in [0.15, 0.2) is 36.9 Å². The summed E-state index contributed by atoms with van der Waals surface area (Å²) in [5.74, 6) is 0.582. The third-order valence-corrected chi connectivity index (χ3v) is 5.48. The Kier molecular flexibility index (Phi) is 7.92. The normalized spacial score (nSPS) is 15.4. The molecule has 0 bridgehead atoms. The third-order valence-electron chi connectivity index (χ3n) is 4.66. The molecule has 1 N–H and O–H groups in total. The fourth-order valence-corrected chi connectivity index (χ4v) is 3.85. The Morgan fingerprint density at radius 1 is 1.21 bits per heavy atom. The second-order valence-corrected chi connectivity index (χ2v) is 7.22. The highest BCUT2D eigenvalue weighted by Crippen LogP contribution is 2.27. The maximum atomic E-state index is 12.3. The van der Waals surface area contributed by atoms with Crippen LogP contribution >= 0.6 is 22.6 Å². The van der Waals surface area contributed by atoms with Crippen molar-refractivity contribution in [1.82, 2.24) is 24.8 Å². The predicted molar refractivity (Wildman–Crippen MR) is 113 cm³/mol. The SMILES string of the molecule is O=C(CN1CCC(Oc2nccnc2-c2ccncc2)CC1)N(CI)CCO. The van der Waals surface area contributed by atoms with E-state index in [-0.39, 0.29) is 18.6 Å². The van der Waals surface area contributed by atoms with Crippen LogP contribution in [0.1, 0.15) is 12.8 Å². The van der Waals surface area contributed by atoms with Gasteiger partial charge in [-0.2, -0.15) is 0 Å². The summed E-state index contributed by atoms with van der Waals surface area (Å²) in [6, 6.07) is 3.77. The molecule has 3 heterocycles. The maximum absolute atomic E-state index is 12.3. The zero-order chi connectivity index (χ0) is 19.8. The van der Waals surface area contributed by atoms with Crippen molar-refractivity contribution in [1.29, 1.82) is 0 Å². The molecule has 0 saturated carbocycles. The number of carbonyl (C=O) groups is 1. The monoisotopic (exact) mass is 497 g/mol. The number of carbonyl (C=O) groups excluding carboxylic acids is 1. The van der Waals surface area contributed by atoms with Crippen LogP contribution in [-0.2, 0) is 4.79 Å².